The molecule has 1 rings (SSSR count). The normalized spacial score (nSPS) is 28.6. The maximum Gasteiger partial charge on any atom is 0.221 e. The predicted octanol–water partition coefficient (Wildman–Crippen LogP) is 1.29. The van der Waals surface area contributed by atoms with E-state index in [2.05, 4.69) is 19.2 Å². The fraction of sp³-hybridized carbons (Fsp3) is 0.923. The smallest absolute Gasteiger partial charge is 0.221 e. The summed E-state index contributed by atoms with van der Waals surface area (Å²) in [6.07, 6.45) is 1.54. The highest BCUT2D eigenvalue weighted by Crippen LogP contribution is 2.42. The molecule has 4 nitrogen and oxygen atoms in total. The van der Waals surface area contributed by atoms with Gasteiger partial charge in [0.15, 0.2) is 0 Å². The van der Waals surface area contributed by atoms with E-state index in [-0.39, 0.29) is 29.5 Å². The first kappa shape index (κ1) is 14.5. The average molecular weight is 242 g/mol. The number of hydrogen-bond donors (Lipinski definition) is 2. The lowest BCUT2D eigenvalue weighted by atomic mass is 9.64. The van der Waals surface area contributed by atoms with Gasteiger partial charge in [-0.25, -0.2) is 0 Å². The Morgan fingerprint density at radius 1 is 1.53 bits per heavy atom. The highest BCUT2D eigenvalue weighted by Gasteiger charge is 2.49. The molecule has 1 fully saturated rings. The molecule has 17 heavy (non-hydrogen) atoms. The summed E-state index contributed by atoms with van der Waals surface area (Å²) in [6.45, 7) is 8.31. The number of methoxy groups -OCH3 is 1. The van der Waals surface area contributed by atoms with Gasteiger partial charge in [0.2, 0.25) is 5.91 Å². The fourth-order valence-electron chi connectivity index (χ4n) is 2.23. The summed E-state index contributed by atoms with van der Waals surface area (Å²) in [5.74, 6) is 0.390. The summed E-state index contributed by atoms with van der Waals surface area (Å²) in [4.78, 5) is 11.8. The van der Waals surface area contributed by atoms with E-state index in [9.17, 15) is 4.79 Å². The highest BCUT2D eigenvalue weighted by atomic mass is 16.5. The molecule has 0 saturated heterocycles. The first-order chi connectivity index (χ1) is 7.78. The lowest BCUT2D eigenvalue weighted by molar-refractivity contribution is -0.133. The van der Waals surface area contributed by atoms with Gasteiger partial charge in [-0.1, -0.05) is 27.7 Å². The molecule has 3 unspecified atom stereocenters. The van der Waals surface area contributed by atoms with Gasteiger partial charge < -0.3 is 15.8 Å². The maximum atomic E-state index is 11.8. The lowest BCUT2D eigenvalue weighted by Gasteiger charge is -2.51. The SMILES string of the molecule is COC1CC(NC(=O)CC(N)C(C)C)C1(C)C. The van der Waals surface area contributed by atoms with Gasteiger partial charge in [-0.15, -0.1) is 0 Å². The molecule has 100 valence electrons. The average Bonchev–Trinajstić information content (AvgIpc) is 2.23. The zero-order valence-corrected chi connectivity index (χ0v) is 11.6. The Balaban J connectivity index is 2.39. The van der Waals surface area contributed by atoms with Crippen molar-refractivity contribution in [2.45, 2.75) is 58.7 Å². The molecule has 0 heterocycles. The van der Waals surface area contributed by atoms with Gasteiger partial charge in [-0.05, 0) is 12.3 Å². The minimum absolute atomic E-state index is 0.0202. The molecule has 1 saturated carbocycles. The van der Waals surface area contributed by atoms with Gasteiger partial charge in [0.1, 0.15) is 0 Å². The molecule has 4 heteroatoms. The molecule has 0 bridgehead atoms. The summed E-state index contributed by atoms with van der Waals surface area (Å²) in [7, 11) is 1.72. The van der Waals surface area contributed by atoms with Crippen LogP contribution in [-0.4, -0.2) is 31.2 Å². The van der Waals surface area contributed by atoms with E-state index >= 15 is 0 Å². The topological polar surface area (TPSA) is 64.3 Å². The zero-order chi connectivity index (χ0) is 13.2. The van der Waals surface area contributed by atoms with Crippen LogP contribution in [-0.2, 0) is 9.53 Å². The number of amides is 1. The molecule has 0 spiro atoms. The van der Waals surface area contributed by atoms with Crippen molar-refractivity contribution in [1.82, 2.24) is 5.32 Å². The van der Waals surface area contributed by atoms with E-state index < -0.39 is 0 Å². The van der Waals surface area contributed by atoms with Crippen LogP contribution in [0, 0.1) is 11.3 Å². The minimum Gasteiger partial charge on any atom is -0.381 e. The summed E-state index contributed by atoms with van der Waals surface area (Å²) in [6, 6.07) is 0.149. The van der Waals surface area contributed by atoms with E-state index in [1.54, 1.807) is 7.11 Å². The van der Waals surface area contributed by atoms with Gasteiger partial charge >= 0.3 is 0 Å². The number of carbonyl (C=O) groups excluding carboxylic acids is 1. The van der Waals surface area contributed by atoms with Crippen molar-refractivity contribution in [2.75, 3.05) is 7.11 Å². The Hall–Kier alpha value is -0.610. The van der Waals surface area contributed by atoms with E-state index in [1.165, 1.54) is 0 Å². The maximum absolute atomic E-state index is 11.8. The van der Waals surface area contributed by atoms with Crippen LogP contribution in [0.2, 0.25) is 0 Å². The van der Waals surface area contributed by atoms with Crippen molar-refractivity contribution in [3.63, 3.8) is 0 Å². The van der Waals surface area contributed by atoms with Crippen molar-refractivity contribution < 1.29 is 9.53 Å². The largest absolute Gasteiger partial charge is 0.381 e. The molecular formula is C13H26N2O2. The Kier molecular flexibility index (Phi) is 4.55. The predicted molar refractivity (Wildman–Crippen MR) is 68.6 cm³/mol. The van der Waals surface area contributed by atoms with Crippen molar-refractivity contribution in [3.8, 4) is 0 Å². The van der Waals surface area contributed by atoms with Gasteiger partial charge in [-0.3, -0.25) is 4.79 Å². The van der Waals surface area contributed by atoms with Gasteiger partial charge in [-0.2, -0.15) is 0 Å². The number of rotatable bonds is 5. The minimum atomic E-state index is -0.0589. The quantitative estimate of drug-likeness (QED) is 0.763. The Morgan fingerprint density at radius 2 is 2.12 bits per heavy atom. The van der Waals surface area contributed by atoms with Crippen LogP contribution in [0.15, 0.2) is 0 Å². The van der Waals surface area contributed by atoms with Crippen molar-refractivity contribution in [2.24, 2.45) is 17.1 Å². The molecule has 3 atom stereocenters. The van der Waals surface area contributed by atoms with Gasteiger partial charge in [0.25, 0.3) is 0 Å². The standard InChI is InChI=1S/C13H26N2O2/c1-8(2)9(14)6-12(16)15-10-7-11(17-5)13(10,3)4/h8-11H,6-7,14H2,1-5H3,(H,15,16). The van der Waals surface area contributed by atoms with Crippen LogP contribution in [0.5, 0.6) is 0 Å². The van der Waals surface area contributed by atoms with E-state index in [0.29, 0.717) is 12.3 Å². The Labute approximate surface area is 104 Å². The summed E-state index contributed by atoms with van der Waals surface area (Å²) in [5, 5.41) is 3.06. The fourth-order valence-corrected chi connectivity index (χ4v) is 2.23. The molecule has 0 aliphatic heterocycles. The number of carbonyl (C=O) groups is 1. The van der Waals surface area contributed by atoms with Crippen LogP contribution in [0.3, 0.4) is 0 Å². The molecule has 1 aliphatic rings. The summed E-state index contributed by atoms with van der Waals surface area (Å²) < 4.78 is 5.36. The number of nitrogens with two attached hydrogens (primary N) is 1. The van der Waals surface area contributed by atoms with E-state index in [4.69, 9.17) is 10.5 Å². The molecule has 0 aromatic heterocycles. The number of hydrogen-bond acceptors (Lipinski definition) is 3. The lowest BCUT2D eigenvalue weighted by Crippen LogP contribution is -2.62. The molecule has 0 radical (unpaired) electrons. The van der Waals surface area contributed by atoms with Crippen LogP contribution in [0.4, 0.5) is 0 Å². The monoisotopic (exact) mass is 242 g/mol. The second-order valence-corrected chi connectivity index (χ2v) is 6.01. The van der Waals surface area contributed by atoms with Crippen LogP contribution < -0.4 is 11.1 Å². The molecule has 3 N–H and O–H groups in total. The van der Waals surface area contributed by atoms with Crippen LogP contribution >= 0.6 is 0 Å². The van der Waals surface area contributed by atoms with E-state index in [0.717, 1.165) is 6.42 Å². The molecular weight excluding hydrogens is 216 g/mol. The van der Waals surface area contributed by atoms with Crippen LogP contribution in [0.1, 0.15) is 40.5 Å². The number of nitrogens with one attached hydrogen (secondary N) is 1. The molecule has 0 aromatic rings. The van der Waals surface area contributed by atoms with Crippen molar-refractivity contribution >= 4 is 5.91 Å². The Bertz CT molecular complexity index is 277. The third-order valence-corrected chi connectivity index (χ3v) is 4.07. The zero-order valence-electron chi connectivity index (χ0n) is 11.6. The van der Waals surface area contributed by atoms with Crippen molar-refractivity contribution in [1.29, 1.82) is 0 Å². The summed E-state index contributed by atoms with van der Waals surface area (Å²) >= 11 is 0. The first-order valence-electron chi connectivity index (χ1n) is 6.36. The third-order valence-electron chi connectivity index (χ3n) is 4.07. The second-order valence-electron chi connectivity index (χ2n) is 6.01. The van der Waals surface area contributed by atoms with Gasteiger partial charge in [0, 0.05) is 31.0 Å². The molecule has 1 amide bonds. The van der Waals surface area contributed by atoms with E-state index in [1.807, 2.05) is 13.8 Å². The number of ether oxygens (including phenoxy) is 1. The summed E-state index contributed by atoms with van der Waals surface area (Å²) in [5.41, 5.74) is 5.91. The van der Waals surface area contributed by atoms with Gasteiger partial charge in [0.05, 0.1) is 6.10 Å². The molecule has 0 aromatic carbocycles. The second kappa shape index (κ2) is 5.36. The molecule has 1 aliphatic carbocycles. The third kappa shape index (κ3) is 3.19. The highest BCUT2D eigenvalue weighted by molar-refractivity contribution is 5.77. The van der Waals surface area contributed by atoms with Crippen molar-refractivity contribution in [3.05, 3.63) is 0 Å². The van der Waals surface area contributed by atoms with Crippen LogP contribution in [0.25, 0.3) is 0 Å². The first-order valence-corrected chi connectivity index (χ1v) is 6.36. The Morgan fingerprint density at radius 3 is 2.53 bits per heavy atom.